The zero-order chi connectivity index (χ0) is 17.2. The lowest BCUT2D eigenvalue weighted by atomic mass is 10.1. The first-order valence-electron chi connectivity index (χ1n) is 8.10. The number of pyridine rings is 1. The summed E-state index contributed by atoms with van der Waals surface area (Å²) >= 11 is 6.23. The number of benzene rings is 2. The number of H-pyrrole nitrogens is 1. The number of aromatic nitrogens is 3. The van der Waals surface area contributed by atoms with Crippen molar-refractivity contribution in [3.63, 3.8) is 0 Å². The number of hydrogen-bond donors (Lipinski definition) is 2. The van der Waals surface area contributed by atoms with E-state index in [0.717, 1.165) is 38.6 Å². The molecular formula is C20H17ClN4. The molecule has 0 saturated heterocycles. The molecule has 4 rings (SSSR count). The lowest BCUT2D eigenvalue weighted by Crippen LogP contribution is -2.15. The number of imidazole rings is 1. The fourth-order valence-electron chi connectivity index (χ4n) is 2.92. The van der Waals surface area contributed by atoms with Crippen LogP contribution in [-0.4, -0.2) is 15.0 Å². The van der Waals surface area contributed by atoms with Gasteiger partial charge in [0.2, 0.25) is 0 Å². The standard InChI is InChI=1S/C20H17ClN4/c21-16-4-2-1-3-15(16)11-17(22)20-24-18-6-5-14(12-19(18)25-20)13-7-9-23-10-8-13/h1-10,12,17H,11,22H2,(H,24,25)/t17-/m1/s1. The van der Waals surface area contributed by atoms with Crippen molar-refractivity contribution in [2.75, 3.05) is 0 Å². The smallest absolute Gasteiger partial charge is 0.124 e. The summed E-state index contributed by atoms with van der Waals surface area (Å²) in [6, 6.07) is 17.6. The van der Waals surface area contributed by atoms with Gasteiger partial charge in [-0.2, -0.15) is 0 Å². The number of nitrogens with two attached hydrogens (primary N) is 1. The summed E-state index contributed by atoms with van der Waals surface area (Å²) < 4.78 is 0. The molecular weight excluding hydrogens is 332 g/mol. The minimum atomic E-state index is -0.239. The molecule has 124 valence electrons. The second-order valence-electron chi connectivity index (χ2n) is 5.99. The molecule has 0 bridgehead atoms. The van der Waals surface area contributed by atoms with E-state index in [-0.39, 0.29) is 6.04 Å². The molecule has 0 amide bonds. The van der Waals surface area contributed by atoms with Crippen molar-refractivity contribution in [3.8, 4) is 11.1 Å². The average molecular weight is 349 g/mol. The van der Waals surface area contributed by atoms with Gasteiger partial charge in [-0.3, -0.25) is 4.98 Å². The van der Waals surface area contributed by atoms with Gasteiger partial charge in [-0.1, -0.05) is 35.9 Å². The third-order valence-electron chi connectivity index (χ3n) is 4.26. The lowest BCUT2D eigenvalue weighted by molar-refractivity contribution is 0.680. The molecule has 3 N–H and O–H groups in total. The van der Waals surface area contributed by atoms with Crippen molar-refractivity contribution >= 4 is 22.6 Å². The van der Waals surface area contributed by atoms with Crippen LogP contribution < -0.4 is 5.73 Å². The van der Waals surface area contributed by atoms with Gasteiger partial charge in [-0.05, 0) is 53.4 Å². The highest BCUT2D eigenvalue weighted by atomic mass is 35.5. The van der Waals surface area contributed by atoms with Gasteiger partial charge < -0.3 is 10.7 Å². The molecule has 4 nitrogen and oxygen atoms in total. The van der Waals surface area contributed by atoms with Gasteiger partial charge in [0, 0.05) is 17.4 Å². The Balaban J connectivity index is 1.64. The van der Waals surface area contributed by atoms with Crippen molar-refractivity contribution in [3.05, 3.63) is 83.4 Å². The predicted octanol–water partition coefficient (Wildman–Crippen LogP) is 4.52. The molecule has 2 heterocycles. The third kappa shape index (κ3) is 3.27. The number of nitrogens with one attached hydrogen (secondary N) is 1. The van der Waals surface area contributed by atoms with E-state index in [1.807, 2.05) is 42.5 Å². The molecule has 0 spiro atoms. The molecule has 0 fully saturated rings. The van der Waals surface area contributed by atoms with Gasteiger partial charge >= 0.3 is 0 Å². The van der Waals surface area contributed by atoms with Crippen molar-refractivity contribution < 1.29 is 0 Å². The number of nitrogens with zero attached hydrogens (tertiary/aromatic N) is 2. The van der Waals surface area contributed by atoms with Crippen LogP contribution in [0, 0.1) is 0 Å². The first-order chi connectivity index (χ1) is 12.2. The number of rotatable bonds is 4. The lowest BCUT2D eigenvalue weighted by Gasteiger charge is -2.09. The maximum atomic E-state index is 6.35. The molecule has 0 saturated carbocycles. The largest absolute Gasteiger partial charge is 0.341 e. The second-order valence-corrected chi connectivity index (χ2v) is 6.40. The minimum Gasteiger partial charge on any atom is -0.341 e. The zero-order valence-electron chi connectivity index (χ0n) is 13.5. The normalized spacial score (nSPS) is 12.4. The SMILES string of the molecule is N[C@H](Cc1ccccc1Cl)c1nc2cc(-c3ccncc3)ccc2[nH]1. The Morgan fingerprint density at radius 2 is 1.80 bits per heavy atom. The first-order valence-corrected chi connectivity index (χ1v) is 8.47. The highest BCUT2D eigenvalue weighted by molar-refractivity contribution is 6.31. The van der Waals surface area contributed by atoms with Crippen molar-refractivity contribution in [2.24, 2.45) is 5.73 Å². The Bertz CT molecular complexity index is 1010. The Hall–Kier alpha value is -2.69. The van der Waals surface area contributed by atoms with E-state index in [0.29, 0.717) is 6.42 Å². The zero-order valence-corrected chi connectivity index (χ0v) is 14.2. The highest BCUT2D eigenvalue weighted by Gasteiger charge is 2.14. The molecule has 1 atom stereocenters. The molecule has 25 heavy (non-hydrogen) atoms. The summed E-state index contributed by atoms with van der Waals surface area (Å²) in [7, 11) is 0. The molecule has 2 aromatic carbocycles. The van der Waals surface area contributed by atoms with Crippen LogP contribution in [-0.2, 0) is 6.42 Å². The molecule has 2 aromatic heterocycles. The van der Waals surface area contributed by atoms with E-state index in [4.69, 9.17) is 17.3 Å². The topological polar surface area (TPSA) is 67.6 Å². The summed E-state index contributed by atoms with van der Waals surface area (Å²) in [5.41, 5.74) is 11.5. The van der Waals surface area contributed by atoms with Gasteiger partial charge in [0.15, 0.2) is 0 Å². The number of aromatic amines is 1. The van der Waals surface area contributed by atoms with Gasteiger partial charge in [0.1, 0.15) is 5.82 Å². The van der Waals surface area contributed by atoms with Gasteiger partial charge in [-0.15, -0.1) is 0 Å². The second kappa shape index (κ2) is 6.67. The Morgan fingerprint density at radius 3 is 2.60 bits per heavy atom. The van der Waals surface area contributed by atoms with Crippen molar-refractivity contribution in [1.29, 1.82) is 0 Å². The van der Waals surface area contributed by atoms with Crippen LogP contribution >= 0.6 is 11.6 Å². The van der Waals surface area contributed by atoms with Crippen LogP contribution in [0.2, 0.25) is 5.02 Å². The summed E-state index contributed by atoms with van der Waals surface area (Å²) in [5.74, 6) is 0.766. The van der Waals surface area contributed by atoms with Gasteiger partial charge in [0.25, 0.3) is 0 Å². The Morgan fingerprint density at radius 1 is 1.00 bits per heavy atom. The molecule has 5 heteroatoms. The Kier molecular flexibility index (Phi) is 4.22. The average Bonchev–Trinajstić information content (AvgIpc) is 3.08. The van der Waals surface area contributed by atoms with Crippen LogP contribution in [0.25, 0.3) is 22.2 Å². The van der Waals surface area contributed by atoms with Gasteiger partial charge in [0.05, 0.1) is 17.1 Å². The fraction of sp³-hybridized carbons (Fsp3) is 0.100. The van der Waals surface area contributed by atoms with Crippen LogP contribution in [0.1, 0.15) is 17.4 Å². The van der Waals surface area contributed by atoms with Crippen LogP contribution in [0.3, 0.4) is 0 Å². The summed E-state index contributed by atoms with van der Waals surface area (Å²) in [6.45, 7) is 0. The van der Waals surface area contributed by atoms with Gasteiger partial charge in [-0.25, -0.2) is 4.98 Å². The van der Waals surface area contributed by atoms with E-state index in [1.165, 1.54) is 0 Å². The first kappa shape index (κ1) is 15.8. The van der Waals surface area contributed by atoms with E-state index < -0.39 is 0 Å². The van der Waals surface area contributed by atoms with E-state index in [9.17, 15) is 0 Å². The third-order valence-corrected chi connectivity index (χ3v) is 4.63. The fourth-order valence-corrected chi connectivity index (χ4v) is 3.14. The molecule has 4 aromatic rings. The maximum absolute atomic E-state index is 6.35. The van der Waals surface area contributed by atoms with Crippen molar-refractivity contribution in [1.82, 2.24) is 15.0 Å². The highest BCUT2D eigenvalue weighted by Crippen LogP contribution is 2.25. The van der Waals surface area contributed by atoms with Crippen LogP contribution in [0.5, 0.6) is 0 Å². The number of hydrogen-bond acceptors (Lipinski definition) is 3. The number of halogens is 1. The minimum absolute atomic E-state index is 0.239. The number of fused-ring (bicyclic) bond motifs is 1. The summed E-state index contributed by atoms with van der Waals surface area (Å²) in [5, 5.41) is 0.731. The summed E-state index contributed by atoms with van der Waals surface area (Å²) in [6.07, 6.45) is 4.21. The quantitative estimate of drug-likeness (QED) is 0.569. The van der Waals surface area contributed by atoms with Crippen LogP contribution in [0.4, 0.5) is 0 Å². The summed E-state index contributed by atoms with van der Waals surface area (Å²) in [4.78, 5) is 12.1. The predicted molar refractivity (Wildman–Crippen MR) is 101 cm³/mol. The molecule has 0 radical (unpaired) electrons. The van der Waals surface area contributed by atoms with E-state index >= 15 is 0 Å². The van der Waals surface area contributed by atoms with E-state index in [2.05, 4.69) is 27.1 Å². The van der Waals surface area contributed by atoms with Crippen molar-refractivity contribution in [2.45, 2.75) is 12.5 Å². The monoisotopic (exact) mass is 348 g/mol. The molecule has 0 aliphatic heterocycles. The van der Waals surface area contributed by atoms with E-state index in [1.54, 1.807) is 12.4 Å². The molecule has 0 aliphatic rings. The molecule has 0 unspecified atom stereocenters. The maximum Gasteiger partial charge on any atom is 0.124 e. The Labute approximate surface area is 150 Å². The molecule has 0 aliphatic carbocycles. The van der Waals surface area contributed by atoms with Crippen LogP contribution in [0.15, 0.2) is 67.0 Å².